The first kappa shape index (κ1) is 9.93. The lowest BCUT2D eigenvalue weighted by molar-refractivity contribution is -0.153. The summed E-state index contributed by atoms with van der Waals surface area (Å²) in [7, 11) is 0. The highest BCUT2D eigenvalue weighted by molar-refractivity contribution is 5.81. The molecule has 14 heavy (non-hydrogen) atoms. The van der Waals surface area contributed by atoms with Gasteiger partial charge in [-0.05, 0) is 19.8 Å². The molecule has 2 heterocycles. The number of nitrogens with zero attached hydrogens (tertiary/aromatic N) is 1. The van der Waals surface area contributed by atoms with Gasteiger partial charge in [-0.15, -0.1) is 0 Å². The van der Waals surface area contributed by atoms with Gasteiger partial charge in [-0.25, -0.2) is 0 Å². The van der Waals surface area contributed by atoms with Crippen LogP contribution in [0.4, 0.5) is 0 Å². The molecule has 0 saturated carbocycles. The summed E-state index contributed by atoms with van der Waals surface area (Å²) in [6.45, 7) is 5.22. The predicted molar refractivity (Wildman–Crippen MR) is 52.7 cm³/mol. The van der Waals surface area contributed by atoms with Crippen LogP contribution in [-0.2, 0) is 9.53 Å². The van der Waals surface area contributed by atoms with Crippen molar-refractivity contribution in [1.29, 1.82) is 0 Å². The Balaban J connectivity index is 1.86. The van der Waals surface area contributed by atoms with Crippen LogP contribution in [0.5, 0.6) is 0 Å². The highest BCUT2D eigenvalue weighted by atomic mass is 16.5. The van der Waals surface area contributed by atoms with E-state index in [0.717, 1.165) is 39.1 Å². The maximum absolute atomic E-state index is 11.6. The second-order valence-corrected chi connectivity index (χ2v) is 4.61. The first-order valence-corrected chi connectivity index (χ1v) is 5.25. The van der Waals surface area contributed by atoms with E-state index < -0.39 is 0 Å². The Morgan fingerprint density at radius 3 is 2.36 bits per heavy atom. The van der Waals surface area contributed by atoms with Gasteiger partial charge in [0.05, 0.1) is 19.3 Å². The van der Waals surface area contributed by atoms with Gasteiger partial charge < -0.3 is 15.4 Å². The summed E-state index contributed by atoms with van der Waals surface area (Å²) >= 11 is 0. The molecule has 0 aromatic rings. The largest absolute Gasteiger partial charge is 0.380 e. The highest BCUT2D eigenvalue weighted by Crippen LogP contribution is 2.38. The molecule has 2 saturated heterocycles. The molecule has 80 valence electrons. The van der Waals surface area contributed by atoms with E-state index in [1.165, 1.54) is 0 Å². The minimum absolute atomic E-state index is 0.0834. The van der Waals surface area contributed by atoms with Gasteiger partial charge in [0.15, 0.2) is 0 Å². The zero-order chi connectivity index (χ0) is 10.2. The first-order chi connectivity index (χ1) is 6.63. The third-order valence-electron chi connectivity index (χ3n) is 3.34. The summed E-state index contributed by atoms with van der Waals surface area (Å²) in [5.41, 5.74) is 5.96. The lowest BCUT2D eigenvalue weighted by atomic mass is 9.77. The molecule has 4 nitrogen and oxygen atoms in total. The Morgan fingerprint density at radius 2 is 2.00 bits per heavy atom. The van der Waals surface area contributed by atoms with E-state index in [1.807, 2.05) is 4.90 Å². The number of carbonyl (C=O) groups excluding carboxylic acids is 1. The summed E-state index contributed by atoms with van der Waals surface area (Å²) in [6.07, 6.45) is 2.15. The monoisotopic (exact) mass is 198 g/mol. The zero-order valence-corrected chi connectivity index (χ0v) is 8.66. The summed E-state index contributed by atoms with van der Waals surface area (Å²) in [5.74, 6) is 0.0834. The van der Waals surface area contributed by atoms with Crippen LogP contribution >= 0.6 is 0 Å². The van der Waals surface area contributed by atoms with E-state index in [4.69, 9.17) is 10.5 Å². The SMILES string of the molecule is C[C@H](N)C(=O)N1CCC2(CC1)COC2. The molecular weight excluding hydrogens is 180 g/mol. The Kier molecular flexibility index (Phi) is 2.49. The average molecular weight is 198 g/mol. The van der Waals surface area contributed by atoms with Gasteiger partial charge in [0.25, 0.3) is 0 Å². The van der Waals surface area contributed by atoms with Crippen LogP contribution < -0.4 is 5.73 Å². The number of likely N-dealkylation sites (tertiary alicyclic amines) is 1. The van der Waals surface area contributed by atoms with Crippen molar-refractivity contribution in [3.8, 4) is 0 Å². The molecule has 0 bridgehead atoms. The molecule has 2 aliphatic heterocycles. The van der Waals surface area contributed by atoms with Crippen LogP contribution in [0.3, 0.4) is 0 Å². The van der Waals surface area contributed by atoms with E-state index in [9.17, 15) is 4.79 Å². The lowest BCUT2D eigenvalue weighted by Gasteiger charge is -2.47. The maximum atomic E-state index is 11.6. The molecule has 2 N–H and O–H groups in total. The second-order valence-electron chi connectivity index (χ2n) is 4.61. The third kappa shape index (κ3) is 1.64. The molecule has 0 aromatic heterocycles. The normalized spacial score (nSPS) is 27.1. The molecule has 4 heteroatoms. The quantitative estimate of drug-likeness (QED) is 0.644. The molecule has 1 amide bonds. The van der Waals surface area contributed by atoms with Crippen molar-refractivity contribution in [1.82, 2.24) is 4.90 Å². The Bertz CT molecular complexity index is 226. The zero-order valence-electron chi connectivity index (χ0n) is 8.66. The molecular formula is C10H18N2O2. The molecule has 1 atom stereocenters. The van der Waals surface area contributed by atoms with E-state index in [2.05, 4.69) is 0 Å². The molecule has 2 rings (SSSR count). The standard InChI is InChI=1S/C10H18N2O2/c1-8(11)9(13)12-4-2-10(3-5-12)6-14-7-10/h8H,2-7,11H2,1H3/t8-/m0/s1. The molecule has 0 aromatic carbocycles. The van der Waals surface area contributed by atoms with Crippen LogP contribution in [-0.4, -0.2) is 43.2 Å². The Morgan fingerprint density at radius 1 is 1.43 bits per heavy atom. The van der Waals surface area contributed by atoms with Gasteiger partial charge >= 0.3 is 0 Å². The summed E-state index contributed by atoms with van der Waals surface area (Å²) < 4.78 is 5.23. The maximum Gasteiger partial charge on any atom is 0.239 e. The van der Waals surface area contributed by atoms with Crippen LogP contribution in [0.1, 0.15) is 19.8 Å². The van der Waals surface area contributed by atoms with Crippen molar-refractivity contribution in [2.75, 3.05) is 26.3 Å². The minimum atomic E-state index is -0.360. The molecule has 2 aliphatic rings. The number of piperidine rings is 1. The number of carbonyl (C=O) groups is 1. The number of rotatable bonds is 1. The van der Waals surface area contributed by atoms with Gasteiger partial charge in [-0.1, -0.05) is 0 Å². The number of amides is 1. The number of ether oxygens (including phenoxy) is 1. The van der Waals surface area contributed by atoms with Crippen LogP contribution in [0, 0.1) is 5.41 Å². The Labute approximate surface area is 84.4 Å². The summed E-state index contributed by atoms with van der Waals surface area (Å²) in [4.78, 5) is 13.5. The number of hydrogen-bond acceptors (Lipinski definition) is 3. The van der Waals surface area contributed by atoms with Crippen LogP contribution in [0.2, 0.25) is 0 Å². The fourth-order valence-corrected chi connectivity index (χ4v) is 2.17. The molecule has 2 fully saturated rings. The average Bonchev–Trinajstić information content (AvgIpc) is 2.14. The van der Waals surface area contributed by atoms with E-state index in [0.29, 0.717) is 5.41 Å². The van der Waals surface area contributed by atoms with Gasteiger partial charge in [-0.2, -0.15) is 0 Å². The second kappa shape index (κ2) is 3.51. The van der Waals surface area contributed by atoms with Gasteiger partial charge in [-0.3, -0.25) is 4.79 Å². The minimum Gasteiger partial charge on any atom is -0.380 e. The summed E-state index contributed by atoms with van der Waals surface area (Å²) in [5, 5.41) is 0. The molecule has 0 radical (unpaired) electrons. The van der Waals surface area contributed by atoms with E-state index in [1.54, 1.807) is 6.92 Å². The highest BCUT2D eigenvalue weighted by Gasteiger charge is 2.42. The lowest BCUT2D eigenvalue weighted by Crippen LogP contribution is -2.54. The van der Waals surface area contributed by atoms with Crippen molar-refractivity contribution in [3.63, 3.8) is 0 Å². The van der Waals surface area contributed by atoms with Gasteiger partial charge in [0.2, 0.25) is 5.91 Å². The summed E-state index contributed by atoms with van der Waals surface area (Å²) in [6, 6.07) is -0.360. The van der Waals surface area contributed by atoms with Crippen LogP contribution in [0.15, 0.2) is 0 Å². The molecule has 0 aliphatic carbocycles. The topological polar surface area (TPSA) is 55.6 Å². The van der Waals surface area contributed by atoms with Crippen LogP contribution in [0.25, 0.3) is 0 Å². The molecule has 1 spiro atoms. The fourth-order valence-electron chi connectivity index (χ4n) is 2.17. The van der Waals surface area contributed by atoms with Gasteiger partial charge in [0, 0.05) is 18.5 Å². The van der Waals surface area contributed by atoms with Crippen molar-refractivity contribution in [2.24, 2.45) is 11.1 Å². The van der Waals surface area contributed by atoms with Crippen molar-refractivity contribution >= 4 is 5.91 Å². The van der Waals surface area contributed by atoms with E-state index >= 15 is 0 Å². The number of nitrogens with two attached hydrogens (primary N) is 1. The Hall–Kier alpha value is -0.610. The smallest absolute Gasteiger partial charge is 0.239 e. The van der Waals surface area contributed by atoms with Crippen molar-refractivity contribution in [3.05, 3.63) is 0 Å². The van der Waals surface area contributed by atoms with Crippen molar-refractivity contribution in [2.45, 2.75) is 25.8 Å². The number of hydrogen-bond donors (Lipinski definition) is 1. The molecule has 0 unspecified atom stereocenters. The first-order valence-electron chi connectivity index (χ1n) is 5.25. The third-order valence-corrected chi connectivity index (χ3v) is 3.34. The van der Waals surface area contributed by atoms with Crippen molar-refractivity contribution < 1.29 is 9.53 Å². The van der Waals surface area contributed by atoms with Gasteiger partial charge in [0.1, 0.15) is 0 Å². The van der Waals surface area contributed by atoms with E-state index in [-0.39, 0.29) is 11.9 Å². The fraction of sp³-hybridized carbons (Fsp3) is 0.900. The predicted octanol–water partition coefficient (Wildman–Crippen LogP) is -0.0274.